The Balaban J connectivity index is 2.95. The molecule has 1 saturated heterocycles. The average Bonchev–Trinajstić information content (AvgIpc) is 2.22. The van der Waals surface area contributed by atoms with Gasteiger partial charge in [-0.25, -0.2) is 8.42 Å². The Morgan fingerprint density at radius 2 is 1.50 bits per heavy atom. The first kappa shape index (κ1) is 12.0. The second-order valence-corrected chi connectivity index (χ2v) is 5.45. The highest BCUT2D eigenvalue weighted by Gasteiger charge is 2.64. The summed E-state index contributed by atoms with van der Waals surface area (Å²) in [4.78, 5) is 0. The van der Waals surface area contributed by atoms with Crippen molar-refractivity contribution >= 4 is 21.6 Å². The van der Waals surface area contributed by atoms with Crippen LogP contribution < -0.4 is 0 Å². The van der Waals surface area contributed by atoms with Crippen LogP contribution >= 0.6 is 11.6 Å². The van der Waals surface area contributed by atoms with E-state index in [0.717, 1.165) is 0 Å². The lowest BCUT2D eigenvalue weighted by atomic mass is 10.2. The molecule has 0 aromatic heterocycles. The molecule has 9 heteroatoms. The normalized spacial score (nSPS) is 26.6. The van der Waals surface area contributed by atoms with Crippen LogP contribution in [0.1, 0.15) is 0 Å². The van der Waals surface area contributed by atoms with E-state index in [1.807, 2.05) is 0 Å². The summed E-state index contributed by atoms with van der Waals surface area (Å²) in [6, 6.07) is 0. The Hall–Kier alpha value is -0.0800. The third-order valence-corrected chi connectivity index (χ3v) is 3.96. The second kappa shape index (κ2) is 3.21. The van der Waals surface area contributed by atoms with Gasteiger partial charge in [-0.15, -0.1) is 11.6 Å². The van der Waals surface area contributed by atoms with Crippen molar-refractivity contribution in [3.63, 3.8) is 0 Å². The van der Waals surface area contributed by atoms with Crippen molar-refractivity contribution in [2.75, 3.05) is 18.3 Å². The van der Waals surface area contributed by atoms with Crippen LogP contribution in [-0.4, -0.2) is 42.9 Å². The predicted octanol–water partition coefficient (Wildman–Crippen LogP) is 1.10. The van der Waals surface area contributed by atoms with Gasteiger partial charge in [-0.1, -0.05) is 0 Å². The molecule has 1 rings (SSSR count). The fourth-order valence-corrected chi connectivity index (χ4v) is 2.27. The van der Waals surface area contributed by atoms with Crippen molar-refractivity contribution in [2.45, 2.75) is 11.8 Å². The molecule has 0 saturated carbocycles. The van der Waals surface area contributed by atoms with Crippen molar-refractivity contribution in [3.05, 3.63) is 0 Å². The first-order chi connectivity index (χ1) is 6.12. The topological polar surface area (TPSA) is 37.4 Å². The fourth-order valence-electron chi connectivity index (χ4n) is 0.996. The lowest BCUT2D eigenvalue weighted by molar-refractivity contribution is -0.172. The molecule has 0 aromatic rings. The summed E-state index contributed by atoms with van der Waals surface area (Å²) in [5.74, 6) is -8.65. The van der Waals surface area contributed by atoms with Gasteiger partial charge in [0, 0.05) is 0 Å². The lowest BCUT2D eigenvalue weighted by Crippen LogP contribution is -2.38. The van der Waals surface area contributed by atoms with E-state index in [4.69, 9.17) is 11.6 Å². The van der Waals surface area contributed by atoms with Crippen molar-refractivity contribution in [1.82, 2.24) is 4.31 Å². The lowest BCUT2D eigenvalue weighted by Gasteiger charge is -2.15. The molecule has 0 amide bonds. The highest BCUT2D eigenvalue weighted by atomic mass is 35.5. The smallest absolute Gasteiger partial charge is 0.211 e. The van der Waals surface area contributed by atoms with E-state index in [-0.39, 0.29) is 4.31 Å². The number of hydrogen-bond donors (Lipinski definition) is 0. The molecule has 0 aliphatic carbocycles. The van der Waals surface area contributed by atoms with Gasteiger partial charge in [0.05, 0.1) is 13.1 Å². The largest absolute Gasteiger partial charge is 0.325 e. The maximum absolute atomic E-state index is 12.5. The molecule has 0 atom stereocenters. The van der Waals surface area contributed by atoms with E-state index in [1.54, 1.807) is 0 Å². The van der Waals surface area contributed by atoms with Gasteiger partial charge in [-0.2, -0.15) is 21.9 Å². The Morgan fingerprint density at radius 3 is 1.79 bits per heavy atom. The number of hydrogen-bond acceptors (Lipinski definition) is 2. The van der Waals surface area contributed by atoms with E-state index >= 15 is 0 Å². The standard InChI is InChI=1S/C5H6ClF4NO2S/c6-3-14(12,13)11-1-4(7,8)5(9,10)2-11/h1-3H2. The summed E-state index contributed by atoms with van der Waals surface area (Å²) < 4.78 is 72.0. The Morgan fingerprint density at radius 1 is 1.14 bits per heavy atom. The zero-order valence-corrected chi connectivity index (χ0v) is 8.26. The molecule has 0 radical (unpaired) electrons. The number of sulfonamides is 1. The zero-order chi connectivity index (χ0) is 11.2. The monoisotopic (exact) mass is 255 g/mol. The van der Waals surface area contributed by atoms with Gasteiger partial charge in [0.15, 0.2) is 0 Å². The third kappa shape index (κ3) is 1.82. The molecule has 14 heavy (non-hydrogen) atoms. The molecule has 1 fully saturated rings. The van der Waals surface area contributed by atoms with E-state index in [0.29, 0.717) is 0 Å². The third-order valence-electron chi connectivity index (χ3n) is 1.82. The minimum absolute atomic E-state index is 0. The summed E-state index contributed by atoms with van der Waals surface area (Å²) in [6.45, 7) is -3.04. The van der Waals surface area contributed by atoms with Crippen LogP contribution in [0.15, 0.2) is 0 Å². The molecule has 0 N–H and O–H groups in total. The average molecular weight is 256 g/mol. The molecular weight excluding hydrogens is 250 g/mol. The minimum atomic E-state index is -4.33. The number of alkyl halides is 5. The molecule has 84 valence electrons. The van der Waals surface area contributed by atoms with Gasteiger partial charge < -0.3 is 0 Å². The van der Waals surface area contributed by atoms with E-state index in [2.05, 4.69) is 0 Å². The van der Waals surface area contributed by atoms with E-state index < -0.39 is 40.2 Å². The van der Waals surface area contributed by atoms with Crippen molar-refractivity contribution < 1.29 is 26.0 Å². The van der Waals surface area contributed by atoms with Crippen LogP contribution in [0.25, 0.3) is 0 Å². The first-order valence-electron chi connectivity index (χ1n) is 3.42. The molecule has 1 heterocycles. The maximum Gasteiger partial charge on any atom is 0.325 e. The van der Waals surface area contributed by atoms with Gasteiger partial charge in [-0.3, -0.25) is 0 Å². The van der Waals surface area contributed by atoms with Crippen LogP contribution in [0.3, 0.4) is 0 Å². The van der Waals surface area contributed by atoms with Crippen LogP contribution in [0.2, 0.25) is 0 Å². The summed E-state index contributed by atoms with van der Waals surface area (Å²) in [6.07, 6.45) is 0. The molecule has 1 aliphatic heterocycles. The van der Waals surface area contributed by atoms with Crippen molar-refractivity contribution in [2.24, 2.45) is 0 Å². The Kier molecular flexibility index (Phi) is 2.75. The fraction of sp³-hybridized carbons (Fsp3) is 1.00. The minimum Gasteiger partial charge on any atom is -0.211 e. The van der Waals surface area contributed by atoms with Gasteiger partial charge in [0.25, 0.3) is 0 Å². The van der Waals surface area contributed by atoms with Crippen molar-refractivity contribution in [1.29, 1.82) is 0 Å². The maximum atomic E-state index is 12.5. The van der Waals surface area contributed by atoms with Crippen LogP contribution in [0.4, 0.5) is 17.6 Å². The van der Waals surface area contributed by atoms with Crippen molar-refractivity contribution in [3.8, 4) is 0 Å². The molecule has 1 aliphatic rings. The van der Waals surface area contributed by atoms with Gasteiger partial charge >= 0.3 is 11.8 Å². The first-order valence-corrected chi connectivity index (χ1v) is 5.56. The highest BCUT2D eigenvalue weighted by Crippen LogP contribution is 2.41. The van der Waals surface area contributed by atoms with Crippen LogP contribution in [-0.2, 0) is 10.0 Å². The van der Waals surface area contributed by atoms with Gasteiger partial charge in [0.2, 0.25) is 10.0 Å². The molecule has 0 aromatic carbocycles. The van der Waals surface area contributed by atoms with Gasteiger partial charge in [0.1, 0.15) is 5.21 Å². The number of halogens is 5. The summed E-state index contributed by atoms with van der Waals surface area (Å²) in [7, 11) is -4.20. The number of rotatable bonds is 2. The SMILES string of the molecule is O=S(=O)(CCl)N1CC(F)(F)C(F)(F)C1. The predicted molar refractivity (Wildman–Crippen MR) is 41.1 cm³/mol. The summed E-state index contributed by atoms with van der Waals surface area (Å²) in [5.41, 5.74) is 0. The summed E-state index contributed by atoms with van der Waals surface area (Å²) >= 11 is 4.94. The molecule has 0 unspecified atom stereocenters. The van der Waals surface area contributed by atoms with Gasteiger partial charge in [-0.05, 0) is 0 Å². The van der Waals surface area contributed by atoms with E-state index in [1.165, 1.54) is 0 Å². The molecule has 0 spiro atoms. The van der Waals surface area contributed by atoms with Crippen LogP contribution in [0.5, 0.6) is 0 Å². The molecule has 0 bridgehead atoms. The number of nitrogens with zero attached hydrogens (tertiary/aromatic N) is 1. The highest BCUT2D eigenvalue weighted by molar-refractivity contribution is 7.90. The Bertz CT molecular complexity index is 315. The summed E-state index contributed by atoms with van der Waals surface area (Å²) in [5, 5.41) is -0.987. The Labute approximate surface area is 82.7 Å². The quantitative estimate of drug-likeness (QED) is 0.547. The molecule has 3 nitrogen and oxygen atoms in total. The second-order valence-electron chi connectivity index (χ2n) is 2.90. The van der Waals surface area contributed by atoms with Crippen LogP contribution in [0, 0.1) is 0 Å². The molecular formula is C5H6ClF4NO2S. The van der Waals surface area contributed by atoms with E-state index in [9.17, 15) is 26.0 Å². The zero-order valence-electron chi connectivity index (χ0n) is 6.68.